The molecule has 5 rings (SSSR count). The normalized spacial score (nSPS) is 15.0. The quantitative estimate of drug-likeness (QED) is 0.527. The number of halogens is 2. The lowest BCUT2D eigenvalue weighted by atomic mass is 9.93. The Morgan fingerprint density at radius 3 is 2.59 bits per heavy atom. The number of fused-ring (bicyclic) bond motifs is 2. The predicted molar refractivity (Wildman–Crippen MR) is 116 cm³/mol. The van der Waals surface area contributed by atoms with E-state index in [1.165, 1.54) is 0 Å². The smallest absolute Gasteiger partial charge is 0.133 e. The van der Waals surface area contributed by atoms with Gasteiger partial charge in [-0.2, -0.15) is 15.3 Å². The Morgan fingerprint density at radius 2 is 1.79 bits per heavy atom. The van der Waals surface area contributed by atoms with E-state index in [9.17, 15) is 0 Å². The average molecular weight is 412 g/mol. The summed E-state index contributed by atoms with van der Waals surface area (Å²) in [5, 5.41) is 18.2. The number of rotatable bonds is 2. The summed E-state index contributed by atoms with van der Waals surface area (Å²) >= 11 is 0. The molecule has 0 spiro atoms. The SMILES string of the molecule is Cc1cc(-c2cc(F)c3cc(C4CCNCC4)nnc3c2)cc2cn(C)nc12.Cl. The van der Waals surface area contributed by atoms with E-state index in [1.807, 2.05) is 44.4 Å². The van der Waals surface area contributed by atoms with Crippen molar-refractivity contribution in [1.29, 1.82) is 0 Å². The highest BCUT2D eigenvalue weighted by Gasteiger charge is 2.19. The van der Waals surface area contributed by atoms with Crippen LogP contribution < -0.4 is 5.32 Å². The predicted octanol–water partition coefficient (Wildman–Crippen LogP) is 4.52. The van der Waals surface area contributed by atoms with E-state index < -0.39 is 0 Å². The third kappa shape index (κ3) is 3.58. The van der Waals surface area contributed by atoms with Crippen LogP contribution in [0.4, 0.5) is 4.39 Å². The number of piperidine rings is 1. The van der Waals surface area contributed by atoms with Crippen molar-refractivity contribution < 1.29 is 4.39 Å². The molecule has 0 atom stereocenters. The third-order valence-corrected chi connectivity index (χ3v) is 5.68. The van der Waals surface area contributed by atoms with Crippen molar-refractivity contribution >= 4 is 34.2 Å². The number of hydrogen-bond acceptors (Lipinski definition) is 4. The summed E-state index contributed by atoms with van der Waals surface area (Å²) in [6, 6.07) is 9.51. The van der Waals surface area contributed by atoms with Crippen molar-refractivity contribution in [3.05, 3.63) is 53.6 Å². The van der Waals surface area contributed by atoms with Gasteiger partial charge in [0.05, 0.1) is 16.7 Å². The minimum atomic E-state index is -0.249. The summed E-state index contributed by atoms with van der Waals surface area (Å²) in [5.74, 6) is 0.106. The molecule has 0 saturated carbocycles. The second kappa shape index (κ2) is 7.69. The zero-order valence-electron chi connectivity index (χ0n) is 16.4. The standard InChI is InChI=1S/C22H22FN5.ClH/c1-13-7-15(8-17-12-28(2)27-22(13)17)16-9-19(23)18-11-20(25-26-21(18)10-16)14-3-5-24-6-4-14;/h7-12,14,24H,3-6H2,1-2H3;1H. The molecule has 150 valence electrons. The molecule has 0 unspecified atom stereocenters. The molecule has 0 amide bonds. The second-order valence-electron chi connectivity index (χ2n) is 7.72. The highest BCUT2D eigenvalue weighted by molar-refractivity contribution is 5.90. The first-order valence-electron chi connectivity index (χ1n) is 9.70. The van der Waals surface area contributed by atoms with E-state index in [-0.39, 0.29) is 18.2 Å². The molecule has 29 heavy (non-hydrogen) atoms. The lowest BCUT2D eigenvalue weighted by molar-refractivity contribution is 0.451. The zero-order chi connectivity index (χ0) is 19.3. The molecule has 1 N–H and O–H groups in total. The minimum absolute atomic E-state index is 0. The van der Waals surface area contributed by atoms with Crippen LogP contribution in [0, 0.1) is 12.7 Å². The van der Waals surface area contributed by atoms with Crippen molar-refractivity contribution in [1.82, 2.24) is 25.3 Å². The zero-order valence-corrected chi connectivity index (χ0v) is 17.3. The van der Waals surface area contributed by atoms with Crippen LogP contribution in [0.5, 0.6) is 0 Å². The topological polar surface area (TPSA) is 55.6 Å². The van der Waals surface area contributed by atoms with E-state index >= 15 is 4.39 Å². The number of aromatic nitrogens is 4. The molecule has 3 heterocycles. The fourth-order valence-corrected chi connectivity index (χ4v) is 4.20. The highest BCUT2D eigenvalue weighted by Crippen LogP contribution is 2.31. The van der Waals surface area contributed by atoms with Gasteiger partial charge in [-0.25, -0.2) is 4.39 Å². The van der Waals surface area contributed by atoms with Gasteiger partial charge >= 0.3 is 0 Å². The lowest BCUT2D eigenvalue weighted by Gasteiger charge is -2.21. The number of nitrogens with one attached hydrogen (secondary N) is 1. The van der Waals surface area contributed by atoms with Gasteiger partial charge in [0.15, 0.2) is 0 Å². The van der Waals surface area contributed by atoms with E-state index in [0.717, 1.165) is 59.2 Å². The Bertz CT molecular complexity index is 1200. The van der Waals surface area contributed by atoms with Gasteiger partial charge in [0.2, 0.25) is 0 Å². The Morgan fingerprint density at radius 1 is 1.03 bits per heavy atom. The Labute approximate surface area is 174 Å². The summed E-state index contributed by atoms with van der Waals surface area (Å²) in [6.07, 6.45) is 4.02. The minimum Gasteiger partial charge on any atom is -0.317 e. The van der Waals surface area contributed by atoms with Crippen LogP contribution in [0.15, 0.2) is 36.5 Å². The molecule has 2 aromatic carbocycles. The molecule has 2 aromatic heterocycles. The monoisotopic (exact) mass is 411 g/mol. The number of nitrogens with zero attached hydrogens (tertiary/aromatic N) is 4. The molecule has 1 saturated heterocycles. The molecule has 5 nitrogen and oxygen atoms in total. The first-order valence-corrected chi connectivity index (χ1v) is 9.70. The van der Waals surface area contributed by atoms with Crippen LogP contribution in [0.3, 0.4) is 0 Å². The Balaban J connectivity index is 0.00000205. The molecule has 4 aromatic rings. The van der Waals surface area contributed by atoms with Crippen LogP contribution >= 0.6 is 12.4 Å². The summed E-state index contributed by atoms with van der Waals surface area (Å²) in [6.45, 7) is 3.98. The molecule has 1 aliphatic rings. The fraction of sp³-hybridized carbons (Fsp3) is 0.318. The van der Waals surface area contributed by atoms with Crippen molar-refractivity contribution in [2.75, 3.05) is 13.1 Å². The summed E-state index contributed by atoms with van der Waals surface area (Å²) in [4.78, 5) is 0. The van der Waals surface area contributed by atoms with Gasteiger partial charge in [0.25, 0.3) is 0 Å². The Kier molecular flexibility index (Phi) is 5.23. The number of aryl methyl sites for hydroxylation is 2. The van der Waals surface area contributed by atoms with Crippen LogP contribution in [0.25, 0.3) is 32.9 Å². The van der Waals surface area contributed by atoms with Gasteiger partial charge in [-0.3, -0.25) is 4.68 Å². The maximum absolute atomic E-state index is 15.0. The van der Waals surface area contributed by atoms with E-state index in [4.69, 9.17) is 0 Å². The van der Waals surface area contributed by atoms with E-state index in [1.54, 1.807) is 10.7 Å². The highest BCUT2D eigenvalue weighted by atomic mass is 35.5. The number of benzene rings is 2. The number of hydrogen-bond donors (Lipinski definition) is 1. The molecular formula is C22H23ClFN5. The maximum atomic E-state index is 15.0. The average Bonchev–Trinajstić information content (AvgIpc) is 3.09. The largest absolute Gasteiger partial charge is 0.317 e. The van der Waals surface area contributed by atoms with Gasteiger partial charge in [-0.05, 0) is 79.9 Å². The summed E-state index contributed by atoms with van der Waals surface area (Å²) in [7, 11) is 1.91. The lowest BCUT2D eigenvalue weighted by Crippen LogP contribution is -2.27. The molecule has 0 bridgehead atoms. The second-order valence-corrected chi connectivity index (χ2v) is 7.72. The van der Waals surface area contributed by atoms with Gasteiger partial charge in [0.1, 0.15) is 5.82 Å². The van der Waals surface area contributed by atoms with Gasteiger partial charge < -0.3 is 5.32 Å². The molecule has 1 fully saturated rings. The van der Waals surface area contributed by atoms with E-state index in [0.29, 0.717) is 16.8 Å². The van der Waals surface area contributed by atoms with Crippen LogP contribution in [0.2, 0.25) is 0 Å². The van der Waals surface area contributed by atoms with Crippen molar-refractivity contribution in [3.8, 4) is 11.1 Å². The fourth-order valence-electron chi connectivity index (χ4n) is 4.20. The molecular weight excluding hydrogens is 389 g/mol. The summed E-state index contributed by atoms with van der Waals surface area (Å²) in [5.41, 5.74) is 5.30. The van der Waals surface area contributed by atoms with Crippen LogP contribution in [-0.4, -0.2) is 33.1 Å². The first kappa shape index (κ1) is 19.7. The van der Waals surface area contributed by atoms with Crippen LogP contribution in [0.1, 0.15) is 30.0 Å². The first-order chi connectivity index (χ1) is 13.6. The van der Waals surface area contributed by atoms with Crippen LogP contribution in [-0.2, 0) is 7.05 Å². The molecule has 0 aliphatic carbocycles. The van der Waals surface area contributed by atoms with Crippen molar-refractivity contribution in [3.63, 3.8) is 0 Å². The van der Waals surface area contributed by atoms with Crippen molar-refractivity contribution in [2.45, 2.75) is 25.7 Å². The van der Waals surface area contributed by atoms with Crippen molar-refractivity contribution in [2.24, 2.45) is 7.05 Å². The molecule has 7 heteroatoms. The van der Waals surface area contributed by atoms with Gasteiger partial charge in [-0.1, -0.05) is 0 Å². The third-order valence-electron chi connectivity index (χ3n) is 5.68. The summed E-state index contributed by atoms with van der Waals surface area (Å²) < 4.78 is 16.8. The van der Waals surface area contributed by atoms with Gasteiger partial charge in [0, 0.05) is 29.9 Å². The Hall–Kier alpha value is -2.57. The van der Waals surface area contributed by atoms with Gasteiger partial charge in [-0.15, -0.1) is 12.4 Å². The maximum Gasteiger partial charge on any atom is 0.133 e. The van der Waals surface area contributed by atoms with E-state index in [2.05, 4.69) is 20.6 Å². The molecule has 1 aliphatic heterocycles. The molecule has 0 radical (unpaired) electrons.